The second-order valence-electron chi connectivity index (χ2n) is 4.66. The minimum atomic E-state index is 0.175. The molecule has 0 aromatic heterocycles. The molecule has 5 heteroatoms. The third-order valence-corrected chi connectivity index (χ3v) is 4.43. The van der Waals surface area contributed by atoms with Crippen LogP contribution in [0.3, 0.4) is 0 Å². The third kappa shape index (κ3) is 5.69. The van der Waals surface area contributed by atoms with Gasteiger partial charge in [-0.1, -0.05) is 19.1 Å². The topological polar surface area (TPSA) is 42.8 Å². The molecule has 4 nitrogen and oxygen atoms in total. The van der Waals surface area contributed by atoms with Gasteiger partial charge in [0.05, 0.1) is 19.9 Å². The molecule has 0 saturated heterocycles. The molecule has 1 unspecified atom stereocenters. The van der Waals surface area contributed by atoms with E-state index in [1.54, 1.807) is 18.9 Å². The van der Waals surface area contributed by atoms with Crippen molar-refractivity contribution in [1.82, 2.24) is 5.32 Å². The number of rotatable bonds is 8. The predicted molar refractivity (Wildman–Crippen MR) is 91.6 cm³/mol. The van der Waals surface area contributed by atoms with E-state index in [0.29, 0.717) is 11.9 Å². The molecular formula is C16H26N2O2S. The van der Waals surface area contributed by atoms with Gasteiger partial charge < -0.3 is 14.8 Å². The van der Waals surface area contributed by atoms with Crippen LogP contribution in [0, 0.1) is 0 Å². The van der Waals surface area contributed by atoms with E-state index >= 15 is 0 Å². The van der Waals surface area contributed by atoms with Crippen LogP contribution in [0.5, 0.6) is 5.75 Å². The van der Waals surface area contributed by atoms with E-state index in [-0.39, 0.29) is 6.10 Å². The maximum absolute atomic E-state index is 5.68. The van der Waals surface area contributed by atoms with E-state index in [2.05, 4.69) is 24.2 Å². The number of hydrogen-bond donors (Lipinski definition) is 1. The van der Waals surface area contributed by atoms with Crippen LogP contribution >= 0.6 is 11.8 Å². The summed E-state index contributed by atoms with van der Waals surface area (Å²) in [7, 11) is 3.58. The molecule has 0 aliphatic rings. The van der Waals surface area contributed by atoms with Crippen molar-refractivity contribution in [3.8, 4) is 5.75 Å². The highest BCUT2D eigenvalue weighted by Crippen LogP contribution is 2.28. The molecular weight excluding hydrogens is 284 g/mol. The summed E-state index contributed by atoms with van der Waals surface area (Å²) in [6, 6.07) is 7.97. The predicted octanol–water partition coefficient (Wildman–Crippen LogP) is 3.17. The SMILES string of the molecule is CCO[C@@H](C)C(C)SC(=NCNC)c1ccccc1OC. The maximum atomic E-state index is 5.68. The largest absolute Gasteiger partial charge is 0.496 e. The Balaban J connectivity index is 2.96. The lowest BCUT2D eigenvalue weighted by atomic mass is 10.2. The molecule has 1 aromatic rings. The highest BCUT2D eigenvalue weighted by Gasteiger charge is 2.18. The average molecular weight is 310 g/mol. The number of benzene rings is 1. The van der Waals surface area contributed by atoms with Crippen molar-refractivity contribution in [3.63, 3.8) is 0 Å². The van der Waals surface area contributed by atoms with Crippen LogP contribution in [0.4, 0.5) is 0 Å². The number of hydrogen-bond acceptors (Lipinski definition) is 5. The highest BCUT2D eigenvalue weighted by molar-refractivity contribution is 8.15. The second-order valence-corrected chi connectivity index (χ2v) is 6.02. The molecule has 1 N–H and O–H groups in total. The lowest BCUT2D eigenvalue weighted by Crippen LogP contribution is -2.22. The van der Waals surface area contributed by atoms with E-state index in [4.69, 9.17) is 9.47 Å². The second kappa shape index (κ2) is 9.82. The van der Waals surface area contributed by atoms with Gasteiger partial charge in [0.1, 0.15) is 10.8 Å². The van der Waals surface area contributed by atoms with Crippen LogP contribution in [0.15, 0.2) is 29.3 Å². The van der Waals surface area contributed by atoms with E-state index in [1.807, 2.05) is 38.2 Å². The van der Waals surface area contributed by atoms with Gasteiger partial charge in [0.15, 0.2) is 0 Å². The molecule has 0 fully saturated rings. The average Bonchev–Trinajstić information content (AvgIpc) is 2.51. The molecule has 1 rings (SSSR count). The lowest BCUT2D eigenvalue weighted by Gasteiger charge is -2.21. The van der Waals surface area contributed by atoms with Crippen molar-refractivity contribution in [2.75, 3.05) is 27.4 Å². The normalized spacial score (nSPS) is 14.8. The number of ether oxygens (including phenoxy) is 2. The first-order valence-electron chi connectivity index (χ1n) is 7.24. The molecule has 1 aromatic carbocycles. The first-order valence-corrected chi connectivity index (χ1v) is 8.12. The zero-order valence-corrected chi connectivity index (χ0v) is 14.4. The first kappa shape index (κ1) is 18.0. The zero-order valence-electron chi connectivity index (χ0n) is 13.6. The Hall–Kier alpha value is -1.04. The number of nitrogens with one attached hydrogen (secondary N) is 1. The summed E-state index contributed by atoms with van der Waals surface area (Å²) in [5, 5.41) is 4.34. The Labute approximate surface area is 132 Å². The van der Waals surface area contributed by atoms with Crippen molar-refractivity contribution in [2.24, 2.45) is 4.99 Å². The van der Waals surface area contributed by atoms with E-state index in [1.165, 1.54) is 0 Å². The number of methoxy groups -OCH3 is 1. The fourth-order valence-corrected chi connectivity index (χ4v) is 2.89. The van der Waals surface area contributed by atoms with Gasteiger partial charge >= 0.3 is 0 Å². The van der Waals surface area contributed by atoms with Gasteiger partial charge in [-0.15, -0.1) is 11.8 Å². The van der Waals surface area contributed by atoms with Crippen LogP contribution in [-0.4, -0.2) is 43.8 Å². The summed E-state index contributed by atoms with van der Waals surface area (Å²) in [4.78, 5) is 4.64. The highest BCUT2D eigenvalue weighted by atomic mass is 32.2. The standard InChI is InChI=1S/C16H26N2O2S/c1-6-20-12(2)13(3)21-16(18-11-17-4)14-9-7-8-10-15(14)19-5/h7-10,12-13,17H,6,11H2,1-5H3/t12-,13?/m0/s1. The fourth-order valence-electron chi connectivity index (χ4n) is 1.83. The van der Waals surface area contributed by atoms with Crippen molar-refractivity contribution >= 4 is 16.8 Å². The summed E-state index contributed by atoms with van der Waals surface area (Å²) < 4.78 is 11.1. The summed E-state index contributed by atoms with van der Waals surface area (Å²) in [5.41, 5.74) is 1.02. The van der Waals surface area contributed by atoms with E-state index in [9.17, 15) is 0 Å². The van der Waals surface area contributed by atoms with Gasteiger partial charge in [0, 0.05) is 17.4 Å². The van der Waals surface area contributed by atoms with Gasteiger partial charge in [-0.05, 0) is 33.0 Å². The van der Waals surface area contributed by atoms with Gasteiger partial charge in [-0.2, -0.15) is 0 Å². The van der Waals surface area contributed by atoms with Crippen LogP contribution in [-0.2, 0) is 4.74 Å². The Morgan fingerprint density at radius 3 is 2.67 bits per heavy atom. The molecule has 0 aliphatic carbocycles. The number of nitrogens with zero attached hydrogens (tertiary/aromatic N) is 1. The molecule has 0 bridgehead atoms. The van der Waals surface area contributed by atoms with Gasteiger partial charge in [-0.25, -0.2) is 0 Å². The Kier molecular flexibility index (Phi) is 8.42. The summed E-state index contributed by atoms with van der Waals surface area (Å²) in [6.07, 6.45) is 0.175. The lowest BCUT2D eigenvalue weighted by molar-refractivity contribution is 0.0780. The molecule has 0 spiro atoms. The summed E-state index contributed by atoms with van der Waals surface area (Å²) >= 11 is 1.72. The van der Waals surface area contributed by atoms with E-state index in [0.717, 1.165) is 23.0 Å². The molecule has 0 saturated carbocycles. The smallest absolute Gasteiger partial charge is 0.128 e. The molecule has 0 amide bonds. The molecule has 2 atom stereocenters. The molecule has 0 aliphatic heterocycles. The van der Waals surface area contributed by atoms with Crippen LogP contribution in [0.25, 0.3) is 0 Å². The Bertz CT molecular complexity index is 452. The van der Waals surface area contributed by atoms with Gasteiger partial charge in [-0.3, -0.25) is 4.99 Å². The van der Waals surface area contributed by atoms with Gasteiger partial charge in [0.2, 0.25) is 0 Å². The fraction of sp³-hybridized carbons (Fsp3) is 0.562. The van der Waals surface area contributed by atoms with Crippen LogP contribution in [0.2, 0.25) is 0 Å². The quantitative estimate of drug-likeness (QED) is 0.591. The molecule has 0 radical (unpaired) electrons. The zero-order chi connectivity index (χ0) is 15.7. The summed E-state index contributed by atoms with van der Waals surface area (Å²) in [5.74, 6) is 0.844. The van der Waals surface area contributed by atoms with Gasteiger partial charge in [0.25, 0.3) is 0 Å². The number of thioether (sulfide) groups is 1. The van der Waals surface area contributed by atoms with Crippen molar-refractivity contribution in [1.29, 1.82) is 0 Å². The van der Waals surface area contributed by atoms with Crippen LogP contribution in [0.1, 0.15) is 26.3 Å². The third-order valence-electron chi connectivity index (χ3n) is 3.11. The minimum Gasteiger partial charge on any atom is -0.496 e. The molecule has 21 heavy (non-hydrogen) atoms. The number of aliphatic imine (C=N–C) groups is 1. The van der Waals surface area contributed by atoms with Crippen LogP contribution < -0.4 is 10.1 Å². The Morgan fingerprint density at radius 2 is 2.05 bits per heavy atom. The van der Waals surface area contributed by atoms with E-state index < -0.39 is 0 Å². The molecule has 118 valence electrons. The van der Waals surface area contributed by atoms with Crippen molar-refractivity contribution in [2.45, 2.75) is 32.1 Å². The van der Waals surface area contributed by atoms with Crippen molar-refractivity contribution < 1.29 is 9.47 Å². The van der Waals surface area contributed by atoms with Crippen molar-refractivity contribution in [3.05, 3.63) is 29.8 Å². The molecule has 0 heterocycles. The monoisotopic (exact) mass is 310 g/mol. The first-order chi connectivity index (χ1) is 10.1. The Morgan fingerprint density at radius 1 is 1.33 bits per heavy atom. The maximum Gasteiger partial charge on any atom is 0.128 e. The summed E-state index contributed by atoms with van der Waals surface area (Å²) in [6.45, 7) is 7.58. The number of para-hydroxylation sites is 1. The minimum absolute atomic E-state index is 0.175.